The van der Waals surface area contributed by atoms with Gasteiger partial charge in [0.05, 0.1) is 16.6 Å². The van der Waals surface area contributed by atoms with Crippen molar-refractivity contribution in [2.45, 2.75) is 39.3 Å². The second kappa shape index (κ2) is 6.67. The fourth-order valence-corrected chi connectivity index (χ4v) is 1.72. The third-order valence-corrected chi connectivity index (χ3v) is 3.17. The SMILES string of the molecule is CC(c1cccc([N+](=O)[O-])c1)N(C)C(=O)COC(C)(C)C. The highest BCUT2D eigenvalue weighted by Crippen LogP contribution is 2.23. The number of carbonyl (C=O) groups excluding carboxylic acids is 1. The quantitative estimate of drug-likeness (QED) is 0.618. The van der Waals surface area contributed by atoms with E-state index in [1.54, 1.807) is 19.2 Å². The van der Waals surface area contributed by atoms with Gasteiger partial charge in [0.2, 0.25) is 5.91 Å². The molecular formula is C15H22N2O4. The Hall–Kier alpha value is -1.95. The third-order valence-electron chi connectivity index (χ3n) is 3.17. The molecule has 6 heteroatoms. The highest BCUT2D eigenvalue weighted by molar-refractivity contribution is 5.77. The van der Waals surface area contributed by atoms with E-state index in [9.17, 15) is 14.9 Å². The Balaban J connectivity index is 2.78. The van der Waals surface area contributed by atoms with Crippen LogP contribution in [0.3, 0.4) is 0 Å². The summed E-state index contributed by atoms with van der Waals surface area (Å²) in [6.07, 6.45) is 0. The molecule has 0 radical (unpaired) electrons. The van der Waals surface area contributed by atoms with Crippen LogP contribution in [0, 0.1) is 10.1 Å². The maximum absolute atomic E-state index is 12.1. The molecule has 0 spiro atoms. The first-order valence-electron chi connectivity index (χ1n) is 6.76. The molecule has 0 aliphatic heterocycles. The Morgan fingerprint density at radius 1 is 1.43 bits per heavy atom. The van der Waals surface area contributed by atoms with E-state index in [0.29, 0.717) is 0 Å². The van der Waals surface area contributed by atoms with Gasteiger partial charge >= 0.3 is 0 Å². The zero-order valence-corrected chi connectivity index (χ0v) is 13.1. The maximum Gasteiger partial charge on any atom is 0.269 e. The predicted molar refractivity (Wildman–Crippen MR) is 80.0 cm³/mol. The van der Waals surface area contributed by atoms with Gasteiger partial charge in [0.25, 0.3) is 5.69 Å². The number of carbonyl (C=O) groups is 1. The highest BCUT2D eigenvalue weighted by Gasteiger charge is 2.21. The van der Waals surface area contributed by atoms with Crippen molar-refractivity contribution in [3.05, 3.63) is 39.9 Å². The number of amides is 1. The van der Waals surface area contributed by atoms with Gasteiger partial charge < -0.3 is 9.64 Å². The van der Waals surface area contributed by atoms with Crippen LogP contribution in [0.5, 0.6) is 0 Å². The molecule has 0 heterocycles. The Kier molecular flexibility index (Phi) is 5.43. The monoisotopic (exact) mass is 294 g/mol. The van der Waals surface area contributed by atoms with E-state index in [1.807, 2.05) is 27.7 Å². The van der Waals surface area contributed by atoms with E-state index in [0.717, 1.165) is 5.56 Å². The Bertz CT molecular complexity index is 523. The van der Waals surface area contributed by atoms with E-state index in [-0.39, 0.29) is 29.8 Å². The average Bonchev–Trinajstić information content (AvgIpc) is 2.42. The zero-order chi connectivity index (χ0) is 16.2. The number of nitro benzene ring substituents is 1. The summed E-state index contributed by atoms with van der Waals surface area (Å²) < 4.78 is 5.46. The van der Waals surface area contributed by atoms with Gasteiger partial charge in [-0.15, -0.1) is 0 Å². The van der Waals surface area contributed by atoms with Crippen molar-refractivity contribution in [3.8, 4) is 0 Å². The van der Waals surface area contributed by atoms with Gasteiger partial charge in [-0.2, -0.15) is 0 Å². The summed E-state index contributed by atoms with van der Waals surface area (Å²) in [5.74, 6) is -0.163. The minimum absolute atomic E-state index is 0.0146. The normalized spacial score (nSPS) is 12.8. The fraction of sp³-hybridized carbons (Fsp3) is 0.533. The van der Waals surface area contributed by atoms with E-state index < -0.39 is 4.92 Å². The van der Waals surface area contributed by atoms with Crippen molar-refractivity contribution in [3.63, 3.8) is 0 Å². The Labute approximate surface area is 124 Å². The minimum Gasteiger partial charge on any atom is -0.366 e. The second-order valence-corrected chi connectivity index (χ2v) is 5.93. The summed E-state index contributed by atoms with van der Waals surface area (Å²) in [7, 11) is 1.66. The van der Waals surface area contributed by atoms with Gasteiger partial charge in [0.15, 0.2) is 0 Å². The molecule has 6 nitrogen and oxygen atoms in total. The smallest absolute Gasteiger partial charge is 0.269 e. The molecule has 0 saturated carbocycles. The first kappa shape index (κ1) is 17.1. The molecule has 0 bridgehead atoms. The number of hydrogen-bond donors (Lipinski definition) is 0. The van der Waals surface area contributed by atoms with Crippen LogP contribution in [-0.4, -0.2) is 35.0 Å². The van der Waals surface area contributed by atoms with Crippen LogP contribution >= 0.6 is 0 Å². The molecule has 0 fully saturated rings. The summed E-state index contributed by atoms with van der Waals surface area (Å²) in [6.45, 7) is 7.45. The van der Waals surface area contributed by atoms with Crippen LogP contribution in [0.2, 0.25) is 0 Å². The summed E-state index contributed by atoms with van der Waals surface area (Å²) in [4.78, 5) is 24.0. The van der Waals surface area contributed by atoms with Crippen molar-refractivity contribution < 1.29 is 14.5 Å². The molecule has 0 aromatic heterocycles. The van der Waals surface area contributed by atoms with Crippen LogP contribution in [-0.2, 0) is 9.53 Å². The van der Waals surface area contributed by atoms with Gasteiger partial charge in [0.1, 0.15) is 6.61 Å². The van der Waals surface area contributed by atoms with E-state index >= 15 is 0 Å². The van der Waals surface area contributed by atoms with Crippen LogP contribution in [0.1, 0.15) is 39.3 Å². The van der Waals surface area contributed by atoms with Crippen LogP contribution in [0.25, 0.3) is 0 Å². The largest absolute Gasteiger partial charge is 0.366 e. The lowest BCUT2D eigenvalue weighted by Gasteiger charge is -2.27. The summed E-state index contributed by atoms with van der Waals surface area (Å²) in [5, 5.41) is 10.8. The summed E-state index contributed by atoms with van der Waals surface area (Å²) in [6, 6.07) is 6.04. The van der Waals surface area contributed by atoms with Gasteiger partial charge in [-0.1, -0.05) is 12.1 Å². The van der Waals surface area contributed by atoms with Crippen molar-refractivity contribution in [1.82, 2.24) is 4.90 Å². The number of benzene rings is 1. The van der Waals surface area contributed by atoms with Gasteiger partial charge in [-0.3, -0.25) is 14.9 Å². The maximum atomic E-state index is 12.1. The molecule has 0 aliphatic rings. The number of rotatable bonds is 5. The molecule has 1 aromatic carbocycles. The average molecular weight is 294 g/mol. The van der Waals surface area contributed by atoms with E-state index in [4.69, 9.17) is 4.74 Å². The number of ether oxygens (including phenoxy) is 1. The molecule has 1 unspecified atom stereocenters. The molecule has 116 valence electrons. The number of nitrogens with zero attached hydrogens (tertiary/aromatic N) is 2. The summed E-state index contributed by atoms with van der Waals surface area (Å²) >= 11 is 0. The standard InChI is InChI=1S/C15H22N2O4/c1-11(12-7-6-8-13(9-12)17(19)20)16(5)14(18)10-21-15(2,3)4/h6-9,11H,10H2,1-5H3. The van der Waals surface area contributed by atoms with E-state index in [1.165, 1.54) is 17.0 Å². The van der Waals surface area contributed by atoms with Crippen LogP contribution < -0.4 is 0 Å². The van der Waals surface area contributed by atoms with Crippen molar-refractivity contribution >= 4 is 11.6 Å². The number of nitro groups is 1. The third kappa shape index (κ3) is 5.15. The molecule has 0 aliphatic carbocycles. The van der Waals surface area contributed by atoms with E-state index in [2.05, 4.69) is 0 Å². The van der Waals surface area contributed by atoms with Gasteiger partial charge in [0, 0.05) is 19.2 Å². The minimum atomic E-state index is -0.444. The van der Waals surface area contributed by atoms with Gasteiger partial charge in [-0.25, -0.2) is 0 Å². The van der Waals surface area contributed by atoms with Gasteiger partial charge in [-0.05, 0) is 33.3 Å². The van der Waals surface area contributed by atoms with Crippen LogP contribution in [0.4, 0.5) is 5.69 Å². The predicted octanol–water partition coefficient (Wildman–Crippen LogP) is 2.93. The molecule has 1 amide bonds. The molecule has 1 atom stereocenters. The van der Waals surface area contributed by atoms with Crippen molar-refractivity contribution in [1.29, 1.82) is 0 Å². The topological polar surface area (TPSA) is 72.7 Å². The molecular weight excluding hydrogens is 272 g/mol. The van der Waals surface area contributed by atoms with Crippen molar-refractivity contribution in [2.75, 3.05) is 13.7 Å². The number of likely N-dealkylation sites (N-methyl/N-ethyl adjacent to an activating group) is 1. The summed E-state index contributed by atoms with van der Waals surface area (Å²) in [5.41, 5.74) is 0.354. The molecule has 1 rings (SSSR count). The molecule has 1 aromatic rings. The lowest BCUT2D eigenvalue weighted by Crippen LogP contribution is -2.35. The zero-order valence-electron chi connectivity index (χ0n) is 13.1. The van der Waals surface area contributed by atoms with Crippen LogP contribution in [0.15, 0.2) is 24.3 Å². The molecule has 0 saturated heterocycles. The molecule has 21 heavy (non-hydrogen) atoms. The fourth-order valence-electron chi connectivity index (χ4n) is 1.72. The molecule has 0 N–H and O–H groups in total. The lowest BCUT2D eigenvalue weighted by atomic mass is 10.1. The first-order chi connectivity index (χ1) is 9.61. The number of hydrogen-bond acceptors (Lipinski definition) is 4. The first-order valence-corrected chi connectivity index (χ1v) is 6.76. The second-order valence-electron chi connectivity index (χ2n) is 5.93. The Morgan fingerprint density at radius 3 is 2.57 bits per heavy atom. The van der Waals surface area contributed by atoms with Crippen molar-refractivity contribution in [2.24, 2.45) is 0 Å². The highest BCUT2D eigenvalue weighted by atomic mass is 16.6. The number of non-ortho nitro benzene ring substituents is 1. The Morgan fingerprint density at radius 2 is 2.05 bits per heavy atom. The lowest BCUT2D eigenvalue weighted by molar-refractivity contribution is -0.384.